The summed E-state index contributed by atoms with van der Waals surface area (Å²) in [6.45, 7) is 0. The van der Waals surface area contributed by atoms with E-state index in [2.05, 4.69) is 5.32 Å². The Kier molecular flexibility index (Phi) is 6.91. The van der Waals surface area contributed by atoms with Crippen LogP contribution in [0.1, 0.15) is 22.0 Å². The molecular weight excluding hydrogens is 448 g/mol. The molecule has 0 saturated carbocycles. The first kappa shape index (κ1) is 22.5. The zero-order valence-corrected chi connectivity index (χ0v) is 18.9. The molecule has 0 bridgehead atoms. The first-order valence-corrected chi connectivity index (χ1v) is 11.4. The van der Waals surface area contributed by atoms with Crippen molar-refractivity contribution in [2.24, 2.45) is 5.92 Å². The number of carbonyl (C=O) groups excluding carboxylic acids is 1. The van der Waals surface area contributed by atoms with Crippen LogP contribution in [0.25, 0.3) is 0 Å². The largest absolute Gasteiger partial charge is 0.480 e. The molecular formula is C24H23ClN2O4S. The zero-order valence-electron chi connectivity index (χ0n) is 17.4. The van der Waals surface area contributed by atoms with Gasteiger partial charge in [0, 0.05) is 12.0 Å². The molecule has 3 atom stereocenters. The van der Waals surface area contributed by atoms with Crippen LogP contribution in [0.4, 0.5) is 0 Å². The number of nitrogens with one attached hydrogen (secondary N) is 1. The van der Waals surface area contributed by atoms with Crippen LogP contribution in [0.3, 0.4) is 0 Å². The molecule has 166 valence electrons. The number of aliphatic carboxylic acids is 1. The Morgan fingerprint density at radius 1 is 1.09 bits per heavy atom. The summed E-state index contributed by atoms with van der Waals surface area (Å²) in [6, 6.07) is 21.8. The number of rotatable bonds is 9. The number of ether oxygens (including phenoxy) is 1. The van der Waals surface area contributed by atoms with Gasteiger partial charge in [-0.15, -0.1) is 11.3 Å². The maximum atomic E-state index is 13.1. The molecule has 0 spiro atoms. The van der Waals surface area contributed by atoms with E-state index >= 15 is 0 Å². The van der Waals surface area contributed by atoms with Gasteiger partial charge in [0.1, 0.15) is 6.04 Å². The van der Waals surface area contributed by atoms with Gasteiger partial charge >= 0.3 is 5.97 Å². The number of halogens is 1. The number of hydrogen-bond acceptors (Lipinski definition) is 5. The highest BCUT2D eigenvalue weighted by atomic mass is 35.5. The molecule has 1 saturated heterocycles. The van der Waals surface area contributed by atoms with Crippen molar-refractivity contribution < 1.29 is 19.4 Å². The summed E-state index contributed by atoms with van der Waals surface area (Å²) in [4.78, 5) is 27.3. The molecule has 1 fully saturated rings. The number of likely N-dealkylation sites (tertiary alicyclic amines) is 1. The maximum Gasteiger partial charge on any atom is 0.327 e. The molecule has 1 aromatic heterocycles. The monoisotopic (exact) mass is 470 g/mol. The van der Waals surface area contributed by atoms with Gasteiger partial charge in [-0.1, -0.05) is 72.3 Å². The van der Waals surface area contributed by atoms with Crippen LogP contribution in [-0.4, -0.2) is 41.4 Å². The Labute approximate surface area is 195 Å². The van der Waals surface area contributed by atoms with Crippen LogP contribution >= 0.6 is 22.9 Å². The average molecular weight is 471 g/mol. The topological polar surface area (TPSA) is 78.9 Å². The van der Waals surface area contributed by atoms with Gasteiger partial charge in [-0.3, -0.25) is 15.0 Å². The fourth-order valence-corrected chi connectivity index (χ4v) is 5.23. The highest BCUT2D eigenvalue weighted by Gasteiger charge is 2.54. The average Bonchev–Trinajstić information content (AvgIpc) is 3.23. The van der Waals surface area contributed by atoms with Crippen molar-refractivity contribution >= 4 is 34.8 Å². The number of thiophene rings is 1. The Bertz CT molecular complexity index is 1040. The molecule has 3 aromatic rings. The van der Waals surface area contributed by atoms with Crippen LogP contribution in [0.2, 0.25) is 4.34 Å². The number of carboxylic acids is 1. The number of hydrogen-bond donors (Lipinski definition) is 2. The molecule has 2 N–H and O–H groups in total. The van der Waals surface area contributed by atoms with Crippen LogP contribution < -0.4 is 5.32 Å². The normalized spacial score (nSPS) is 19.1. The molecule has 1 aliphatic rings. The molecule has 6 nitrogen and oxygen atoms in total. The Morgan fingerprint density at radius 2 is 1.69 bits per heavy atom. The van der Waals surface area contributed by atoms with Gasteiger partial charge in [0.25, 0.3) is 0 Å². The molecule has 4 rings (SSSR count). The van der Waals surface area contributed by atoms with Crippen molar-refractivity contribution in [3.8, 4) is 0 Å². The molecule has 2 unspecified atom stereocenters. The van der Waals surface area contributed by atoms with Crippen LogP contribution in [0.15, 0.2) is 72.8 Å². The van der Waals surface area contributed by atoms with E-state index in [-0.39, 0.29) is 11.9 Å². The number of β-lactam (4-membered cyclic amide) rings is 1. The van der Waals surface area contributed by atoms with E-state index in [0.29, 0.717) is 10.8 Å². The quantitative estimate of drug-likeness (QED) is 0.362. The fourth-order valence-electron chi connectivity index (χ4n) is 4.09. The number of benzene rings is 2. The third kappa shape index (κ3) is 4.56. The van der Waals surface area contributed by atoms with Crippen molar-refractivity contribution in [3.05, 3.63) is 93.1 Å². The molecule has 0 aliphatic carbocycles. The van der Waals surface area contributed by atoms with E-state index in [0.717, 1.165) is 16.0 Å². The van der Waals surface area contributed by atoms with Crippen molar-refractivity contribution in [2.45, 2.75) is 24.9 Å². The van der Waals surface area contributed by atoms with E-state index in [9.17, 15) is 14.7 Å². The molecule has 1 aliphatic heterocycles. The van der Waals surface area contributed by atoms with Gasteiger partial charge in [-0.05, 0) is 29.7 Å². The fraction of sp³-hybridized carbons (Fsp3) is 0.250. The second-order valence-corrected chi connectivity index (χ2v) is 9.35. The minimum absolute atomic E-state index is 0.263. The molecule has 32 heavy (non-hydrogen) atoms. The second-order valence-electron chi connectivity index (χ2n) is 7.55. The van der Waals surface area contributed by atoms with Gasteiger partial charge in [-0.2, -0.15) is 0 Å². The van der Waals surface area contributed by atoms with Gasteiger partial charge in [0.2, 0.25) is 5.91 Å². The lowest BCUT2D eigenvalue weighted by molar-refractivity contribution is -0.194. The Balaban J connectivity index is 1.58. The first-order chi connectivity index (χ1) is 15.5. The minimum Gasteiger partial charge on any atom is -0.480 e. The molecule has 1 amide bonds. The van der Waals surface area contributed by atoms with Gasteiger partial charge in [-0.25, -0.2) is 4.79 Å². The predicted octanol–water partition coefficient (Wildman–Crippen LogP) is 4.16. The lowest BCUT2D eigenvalue weighted by Gasteiger charge is -2.48. The highest BCUT2D eigenvalue weighted by molar-refractivity contribution is 7.16. The van der Waals surface area contributed by atoms with E-state index in [1.165, 1.54) is 23.3 Å². The van der Waals surface area contributed by atoms with Crippen LogP contribution in [-0.2, 0) is 20.7 Å². The number of nitrogens with zero attached hydrogens (tertiary/aromatic N) is 1. The van der Waals surface area contributed by atoms with Crippen molar-refractivity contribution in [2.75, 3.05) is 7.11 Å². The molecule has 2 heterocycles. The summed E-state index contributed by atoms with van der Waals surface area (Å²) in [5.41, 5.74) is 1.95. The summed E-state index contributed by atoms with van der Waals surface area (Å²) in [6.07, 6.45) is -0.571. The summed E-state index contributed by atoms with van der Waals surface area (Å²) in [5, 5.41) is 13.2. The number of carboxylic acid groups (broad SMARTS) is 1. The second kappa shape index (κ2) is 9.83. The van der Waals surface area contributed by atoms with Gasteiger partial charge < -0.3 is 9.84 Å². The smallest absolute Gasteiger partial charge is 0.327 e. The van der Waals surface area contributed by atoms with Crippen molar-refractivity contribution in [1.29, 1.82) is 0 Å². The summed E-state index contributed by atoms with van der Waals surface area (Å²) < 4.78 is 6.20. The molecule has 0 radical (unpaired) electrons. The SMILES string of the molecule is COC(NC(c1ccccc1)c1ccccc1)N1C(=O)[C@H](Cc2ccc(Cl)s2)C1C(=O)O. The van der Waals surface area contributed by atoms with Crippen molar-refractivity contribution in [3.63, 3.8) is 0 Å². The van der Waals surface area contributed by atoms with Crippen molar-refractivity contribution in [1.82, 2.24) is 10.2 Å². The van der Waals surface area contributed by atoms with E-state index in [4.69, 9.17) is 16.3 Å². The highest BCUT2D eigenvalue weighted by Crippen LogP contribution is 2.35. The standard InChI is InChI=1S/C24H23ClN2O4S/c1-31-24(26-20(15-8-4-2-5-9-15)16-10-6-3-7-11-16)27-21(23(29)30)18(22(27)28)14-17-12-13-19(25)32-17/h2-13,18,20-21,24,26H,14H2,1H3,(H,29,30)/t18-,21?,24?/m1/s1. The van der Waals surface area contributed by atoms with Gasteiger partial charge in [0.15, 0.2) is 6.35 Å². The minimum atomic E-state index is -1.06. The van der Waals surface area contributed by atoms with E-state index < -0.39 is 24.3 Å². The summed E-state index contributed by atoms with van der Waals surface area (Å²) >= 11 is 7.35. The predicted molar refractivity (Wildman–Crippen MR) is 123 cm³/mol. The van der Waals surface area contributed by atoms with E-state index in [1.54, 1.807) is 6.07 Å². The van der Waals surface area contributed by atoms with E-state index in [1.807, 2.05) is 66.7 Å². The summed E-state index contributed by atoms with van der Waals surface area (Å²) in [5.74, 6) is -1.98. The van der Waals surface area contributed by atoms with Gasteiger partial charge in [0.05, 0.1) is 16.3 Å². The number of amides is 1. The first-order valence-electron chi connectivity index (χ1n) is 10.2. The van der Waals surface area contributed by atoms with Crippen LogP contribution in [0, 0.1) is 5.92 Å². The number of methoxy groups -OCH3 is 1. The summed E-state index contributed by atoms with van der Waals surface area (Å²) in [7, 11) is 1.46. The molecule has 8 heteroatoms. The third-order valence-corrected chi connectivity index (χ3v) is 6.86. The lowest BCUT2D eigenvalue weighted by Crippen LogP contribution is -2.71. The molecule has 2 aromatic carbocycles. The zero-order chi connectivity index (χ0) is 22.7. The Morgan fingerprint density at radius 3 is 2.16 bits per heavy atom. The van der Waals surface area contributed by atoms with Crippen LogP contribution in [0.5, 0.6) is 0 Å². The third-order valence-electron chi connectivity index (χ3n) is 5.61. The Hall–Kier alpha value is -2.71. The lowest BCUT2D eigenvalue weighted by atomic mass is 9.84. The maximum absolute atomic E-state index is 13.1. The number of carbonyl (C=O) groups is 2.